The number of hydrogen-bond acceptors (Lipinski definition) is 4. The van der Waals surface area contributed by atoms with Crippen LogP contribution in [0, 0.1) is 13.8 Å². The van der Waals surface area contributed by atoms with E-state index in [-0.39, 0.29) is 0 Å². The van der Waals surface area contributed by atoms with E-state index in [9.17, 15) is 0 Å². The Morgan fingerprint density at radius 2 is 2.00 bits per heavy atom. The molecule has 0 atom stereocenters. The summed E-state index contributed by atoms with van der Waals surface area (Å²) in [7, 11) is 0. The van der Waals surface area contributed by atoms with E-state index in [0.29, 0.717) is 5.78 Å². The largest absolute Gasteiger partial charge is 0.340 e. The van der Waals surface area contributed by atoms with Crippen LogP contribution in [0.25, 0.3) is 5.78 Å². The molecule has 1 aliphatic rings. The van der Waals surface area contributed by atoms with Crippen molar-refractivity contribution in [2.75, 3.05) is 5.32 Å². The summed E-state index contributed by atoms with van der Waals surface area (Å²) < 4.78 is 1.82. The number of nitrogens with zero attached hydrogens (tertiary/aromatic N) is 4. The van der Waals surface area contributed by atoms with E-state index in [1.165, 1.54) is 35.2 Å². The number of hydrogen-bond donors (Lipinski definition) is 1. The molecule has 0 aliphatic heterocycles. The summed E-state index contributed by atoms with van der Waals surface area (Å²) in [6, 6.07) is 6.44. The first-order chi connectivity index (χ1) is 10.7. The minimum Gasteiger partial charge on any atom is -0.340 e. The van der Waals surface area contributed by atoms with Crippen molar-refractivity contribution in [3.05, 3.63) is 46.9 Å². The van der Waals surface area contributed by atoms with Crippen molar-refractivity contribution in [2.24, 2.45) is 0 Å². The highest BCUT2D eigenvalue weighted by Gasteiger charge is 2.20. The average molecular weight is 293 g/mol. The Hall–Kier alpha value is -2.43. The van der Waals surface area contributed by atoms with Crippen LogP contribution in [0.3, 0.4) is 0 Å². The molecule has 1 aliphatic carbocycles. The predicted molar refractivity (Wildman–Crippen MR) is 86.6 cm³/mol. The second kappa shape index (κ2) is 5.09. The number of aryl methyl sites for hydroxylation is 3. The van der Waals surface area contributed by atoms with Crippen LogP contribution >= 0.6 is 0 Å². The third-order valence-corrected chi connectivity index (χ3v) is 4.34. The number of fused-ring (bicyclic) bond motifs is 2. The van der Waals surface area contributed by atoms with Gasteiger partial charge in [-0.15, -0.1) is 0 Å². The zero-order valence-electron chi connectivity index (χ0n) is 12.9. The van der Waals surface area contributed by atoms with Crippen molar-refractivity contribution in [3.63, 3.8) is 0 Å². The quantitative estimate of drug-likeness (QED) is 0.787. The van der Waals surface area contributed by atoms with Crippen LogP contribution in [0.5, 0.6) is 0 Å². The summed E-state index contributed by atoms with van der Waals surface area (Å²) in [4.78, 5) is 8.93. The highest BCUT2D eigenvalue weighted by atomic mass is 15.4. The van der Waals surface area contributed by atoms with Crippen molar-refractivity contribution in [1.29, 1.82) is 0 Å². The molecular weight excluding hydrogens is 274 g/mol. The van der Waals surface area contributed by atoms with Gasteiger partial charge in [0.15, 0.2) is 0 Å². The lowest BCUT2D eigenvalue weighted by atomic mass is 9.96. The normalized spacial score (nSPS) is 14.1. The molecule has 1 N–H and O–H groups in total. The maximum atomic E-state index is 4.66. The van der Waals surface area contributed by atoms with Gasteiger partial charge in [0.2, 0.25) is 0 Å². The smallest absolute Gasteiger partial charge is 0.254 e. The van der Waals surface area contributed by atoms with E-state index in [1.807, 2.05) is 4.52 Å². The van der Waals surface area contributed by atoms with Crippen molar-refractivity contribution in [1.82, 2.24) is 19.6 Å². The van der Waals surface area contributed by atoms with Gasteiger partial charge in [-0.2, -0.15) is 14.6 Å². The highest BCUT2D eigenvalue weighted by molar-refractivity contribution is 5.66. The number of aromatic nitrogens is 4. The fourth-order valence-electron chi connectivity index (χ4n) is 3.20. The van der Waals surface area contributed by atoms with Crippen LogP contribution in [0.1, 0.15) is 35.2 Å². The highest BCUT2D eigenvalue weighted by Crippen LogP contribution is 2.30. The Labute approximate surface area is 129 Å². The molecule has 3 aromatic rings. The van der Waals surface area contributed by atoms with Crippen molar-refractivity contribution in [2.45, 2.75) is 39.5 Å². The third-order valence-electron chi connectivity index (χ3n) is 4.34. The predicted octanol–water partition coefficient (Wildman–Crippen LogP) is 3.36. The lowest BCUT2D eigenvalue weighted by Gasteiger charge is -2.20. The van der Waals surface area contributed by atoms with Gasteiger partial charge in [0.1, 0.15) is 12.1 Å². The first-order valence-electron chi connectivity index (χ1n) is 7.78. The molecule has 0 saturated carbocycles. The second-order valence-corrected chi connectivity index (χ2v) is 6.01. The van der Waals surface area contributed by atoms with Gasteiger partial charge in [0, 0.05) is 11.3 Å². The molecule has 4 rings (SSSR count). The first kappa shape index (κ1) is 13.2. The molecule has 5 heteroatoms. The molecule has 0 unspecified atom stereocenters. The molecule has 5 nitrogen and oxygen atoms in total. The Bertz CT molecular complexity index is 850. The molecule has 22 heavy (non-hydrogen) atoms. The van der Waals surface area contributed by atoms with Gasteiger partial charge in [-0.05, 0) is 51.2 Å². The molecule has 0 amide bonds. The van der Waals surface area contributed by atoms with Gasteiger partial charge in [0.05, 0.1) is 5.69 Å². The van der Waals surface area contributed by atoms with Crippen LogP contribution in [0.15, 0.2) is 24.5 Å². The van der Waals surface area contributed by atoms with Crippen LogP contribution < -0.4 is 5.32 Å². The zero-order valence-corrected chi connectivity index (χ0v) is 12.9. The molecule has 0 fully saturated rings. The van der Waals surface area contributed by atoms with Gasteiger partial charge in [-0.3, -0.25) is 0 Å². The van der Waals surface area contributed by atoms with Gasteiger partial charge < -0.3 is 5.32 Å². The molecule has 0 spiro atoms. The maximum Gasteiger partial charge on any atom is 0.254 e. The van der Waals surface area contributed by atoms with E-state index in [0.717, 1.165) is 24.3 Å². The van der Waals surface area contributed by atoms with Crippen LogP contribution in [-0.2, 0) is 12.8 Å². The van der Waals surface area contributed by atoms with E-state index >= 15 is 0 Å². The van der Waals surface area contributed by atoms with Gasteiger partial charge in [-0.1, -0.05) is 17.7 Å². The lowest BCUT2D eigenvalue weighted by Crippen LogP contribution is -2.14. The summed E-state index contributed by atoms with van der Waals surface area (Å²) in [5, 5.41) is 7.93. The molecule has 0 saturated heterocycles. The summed E-state index contributed by atoms with van der Waals surface area (Å²) in [5.74, 6) is 1.69. The molecule has 1 aromatic carbocycles. The standard InChI is InChI=1S/C17H19N5/c1-11-7-8-14(12(2)9-11)20-16-13-5-3-4-6-15(13)21-17-18-10-19-22(16)17/h7-10,20H,3-6H2,1-2H3. The van der Waals surface area contributed by atoms with E-state index in [4.69, 9.17) is 0 Å². The Morgan fingerprint density at radius 1 is 1.14 bits per heavy atom. The van der Waals surface area contributed by atoms with Gasteiger partial charge >= 0.3 is 0 Å². The van der Waals surface area contributed by atoms with Gasteiger partial charge in [-0.25, -0.2) is 4.98 Å². The molecule has 2 heterocycles. The Balaban J connectivity index is 1.87. The molecule has 2 aromatic heterocycles. The second-order valence-electron chi connectivity index (χ2n) is 6.01. The lowest BCUT2D eigenvalue weighted by molar-refractivity contribution is 0.662. The first-order valence-corrected chi connectivity index (χ1v) is 7.78. The number of rotatable bonds is 2. The minimum atomic E-state index is 0.674. The number of anilines is 2. The van der Waals surface area contributed by atoms with Gasteiger partial charge in [0.25, 0.3) is 5.78 Å². The Morgan fingerprint density at radius 3 is 2.86 bits per heavy atom. The summed E-state index contributed by atoms with van der Waals surface area (Å²) in [6.07, 6.45) is 6.05. The summed E-state index contributed by atoms with van der Waals surface area (Å²) >= 11 is 0. The van der Waals surface area contributed by atoms with Crippen molar-refractivity contribution >= 4 is 17.3 Å². The topological polar surface area (TPSA) is 55.1 Å². The Kier molecular flexibility index (Phi) is 3.06. The fourth-order valence-corrected chi connectivity index (χ4v) is 3.20. The zero-order chi connectivity index (χ0) is 15.1. The minimum absolute atomic E-state index is 0.674. The van der Waals surface area contributed by atoms with Crippen LogP contribution in [0.2, 0.25) is 0 Å². The van der Waals surface area contributed by atoms with E-state index in [2.05, 4.69) is 52.4 Å². The van der Waals surface area contributed by atoms with E-state index < -0.39 is 0 Å². The summed E-state index contributed by atoms with van der Waals surface area (Å²) in [6.45, 7) is 4.24. The van der Waals surface area contributed by atoms with Crippen molar-refractivity contribution in [3.8, 4) is 0 Å². The van der Waals surface area contributed by atoms with E-state index in [1.54, 1.807) is 6.33 Å². The SMILES string of the molecule is Cc1ccc(Nc2c3c(nc4ncnn24)CCCC3)c(C)c1. The third kappa shape index (κ3) is 2.13. The van der Waals surface area contributed by atoms with Crippen LogP contribution in [-0.4, -0.2) is 19.6 Å². The molecule has 0 bridgehead atoms. The monoisotopic (exact) mass is 293 g/mol. The number of nitrogens with one attached hydrogen (secondary N) is 1. The average Bonchev–Trinajstić information content (AvgIpc) is 2.97. The molecular formula is C17H19N5. The van der Waals surface area contributed by atoms with Crippen LogP contribution in [0.4, 0.5) is 11.5 Å². The molecule has 0 radical (unpaired) electrons. The maximum absolute atomic E-state index is 4.66. The number of benzene rings is 1. The fraction of sp³-hybridized carbons (Fsp3) is 0.353. The molecule has 112 valence electrons. The van der Waals surface area contributed by atoms with Crippen molar-refractivity contribution < 1.29 is 0 Å². The summed E-state index contributed by atoms with van der Waals surface area (Å²) in [5.41, 5.74) is 6.06.